The highest BCUT2D eigenvalue weighted by Gasteiger charge is 1.90. The van der Waals surface area contributed by atoms with Crippen LogP contribution >= 0.6 is 12.4 Å². The van der Waals surface area contributed by atoms with Gasteiger partial charge in [0.2, 0.25) is 5.91 Å². The van der Waals surface area contributed by atoms with Gasteiger partial charge in [0.05, 0.1) is 0 Å². The van der Waals surface area contributed by atoms with Crippen molar-refractivity contribution in [2.45, 2.75) is 6.42 Å². The topological polar surface area (TPSA) is 83.2 Å². The molecule has 0 aromatic rings. The molecule has 0 heterocycles. The number of carbonyl (C=O) groups is 1. The molecule has 0 fully saturated rings. The molecule has 4 nitrogen and oxygen atoms in total. The predicted octanol–water partition coefficient (Wildman–Crippen LogP) is -0.837. The van der Waals surface area contributed by atoms with Crippen LogP contribution in [0.4, 0.5) is 0 Å². The van der Waals surface area contributed by atoms with Gasteiger partial charge >= 0.3 is 0 Å². The van der Waals surface area contributed by atoms with Crippen LogP contribution < -0.4 is 5.73 Å². The number of hydrogen-bond donors (Lipinski definition) is 1. The Morgan fingerprint density at radius 2 is 2.11 bits per heavy atom. The van der Waals surface area contributed by atoms with Gasteiger partial charge in [-0.3, -0.25) is 9.00 Å². The van der Waals surface area contributed by atoms with Gasteiger partial charge in [0.15, 0.2) is 0 Å². The zero-order valence-corrected chi connectivity index (χ0v) is 6.17. The molecule has 0 aromatic heterocycles. The quantitative estimate of drug-likeness (QED) is 0.564. The lowest BCUT2D eigenvalue weighted by molar-refractivity contribution is -0.117. The molecule has 1 atom stereocenters. The molecular formula is C3H7ClNO3S-. The largest absolute Gasteiger partial charge is 0.772 e. The van der Waals surface area contributed by atoms with Crippen LogP contribution in [0.5, 0.6) is 0 Å². The first-order chi connectivity index (χ1) is 3.63. The summed E-state index contributed by atoms with van der Waals surface area (Å²) in [6.07, 6.45) is -0.0872. The molecule has 0 aliphatic heterocycles. The van der Waals surface area contributed by atoms with Crippen molar-refractivity contribution in [1.29, 1.82) is 0 Å². The van der Waals surface area contributed by atoms with E-state index in [1.54, 1.807) is 0 Å². The molecule has 6 heteroatoms. The number of primary amides is 1. The Morgan fingerprint density at radius 3 is 2.22 bits per heavy atom. The second-order valence-electron chi connectivity index (χ2n) is 1.22. The van der Waals surface area contributed by atoms with Crippen LogP contribution in [0.1, 0.15) is 6.42 Å². The number of amides is 1. The molecule has 0 rings (SSSR count). The molecule has 2 N–H and O–H groups in total. The van der Waals surface area contributed by atoms with Crippen LogP contribution in [0.15, 0.2) is 0 Å². The standard InChI is InChI=1S/C3H7NO3S.ClH/c4-3(5)1-2-8(6)7;/h1-2H2,(H2,4,5)(H,6,7);1H/p-1. The van der Waals surface area contributed by atoms with E-state index in [1.165, 1.54) is 0 Å². The molecule has 1 unspecified atom stereocenters. The van der Waals surface area contributed by atoms with E-state index in [-0.39, 0.29) is 24.6 Å². The normalized spacial score (nSPS) is 11.7. The Morgan fingerprint density at radius 1 is 1.67 bits per heavy atom. The fraction of sp³-hybridized carbons (Fsp3) is 0.667. The molecule has 0 aliphatic rings. The van der Waals surface area contributed by atoms with E-state index in [0.29, 0.717) is 0 Å². The third kappa shape index (κ3) is 11.4. The van der Waals surface area contributed by atoms with Crippen LogP contribution in [0.2, 0.25) is 0 Å². The lowest BCUT2D eigenvalue weighted by atomic mass is 10.5. The minimum absolute atomic E-state index is 0. The summed E-state index contributed by atoms with van der Waals surface area (Å²) in [7, 11) is 0. The van der Waals surface area contributed by atoms with Gasteiger partial charge in [-0.25, -0.2) is 0 Å². The summed E-state index contributed by atoms with van der Waals surface area (Å²) in [4.78, 5) is 9.85. The van der Waals surface area contributed by atoms with Crippen molar-refractivity contribution >= 4 is 29.4 Å². The maximum absolute atomic E-state index is 9.85. The predicted molar refractivity (Wildman–Crippen MR) is 34.8 cm³/mol. The highest BCUT2D eigenvalue weighted by Crippen LogP contribution is 1.79. The zero-order valence-electron chi connectivity index (χ0n) is 4.53. The number of carbonyl (C=O) groups excluding carboxylic acids is 1. The molecule has 0 saturated heterocycles. The Labute approximate surface area is 61.5 Å². The first kappa shape index (κ1) is 11.6. The van der Waals surface area contributed by atoms with E-state index >= 15 is 0 Å². The fourth-order valence-electron chi connectivity index (χ4n) is 0.184. The number of nitrogens with two attached hydrogens (primary N) is 1. The molecule has 1 amide bonds. The lowest BCUT2D eigenvalue weighted by Gasteiger charge is -1.99. The van der Waals surface area contributed by atoms with Crippen LogP contribution in [-0.2, 0) is 15.9 Å². The number of halogens is 1. The Hall–Kier alpha value is -0.130. The SMILES string of the molecule is Cl.NC(=O)CCS(=O)[O-]. The second kappa shape index (κ2) is 6.00. The minimum Gasteiger partial charge on any atom is -0.772 e. The molecule has 0 aliphatic carbocycles. The smallest absolute Gasteiger partial charge is 0.218 e. The summed E-state index contributed by atoms with van der Waals surface area (Å²) in [5.41, 5.74) is 4.63. The van der Waals surface area contributed by atoms with Gasteiger partial charge in [-0.2, -0.15) is 0 Å². The maximum Gasteiger partial charge on any atom is 0.218 e. The van der Waals surface area contributed by atoms with Crippen molar-refractivity contribution in [3.63, 3.8) is 0 Å². The van der Waals surface area contributed by atoms with E-state index in [4.69, 9.17) is 0 Å². The van der Waals surface area contributed by atoms with E-state index < -0.39 is 17.0 Å². The fourth-order valence-corrected chi connectivity index (χ4v) is 0.552. The van der Waals surface area contributed by atoms with Crippen molar-refractivity contribution in [3.05, 3.63) is 0 Å². The monoisotopic (exact) mass is 172 g/mol. The van der Waals surface area contributed by atoms with Gasteiger partial charge in [0.1, 0.15) is 0 Å². The number of rotatable bonds is 3. The minimum atomic E-state index is -2.14. The maximum atomic E-state index is 9.85. The summed E-state index contributed by atoms with van der Waals surface area (Å²) >= 11 is -2.14. The van der Waals surface area contributed by atoms with Crippen molar-refractivity contribution in [3.8, 4) is 0 Å². The molecule has 56 valence electrons. The second-order valence-corrected chi connectivity index (χ2v) is 2.24. The van der Waals surface area contributed by atoms with Crippen molar-refractivity contribution < 1.29 is 13.6 Å². The van der Waals surface area contributed by atoms with Crippen LogP contribution in [0, 0.1) is 0 Å². The average molecular weight is 173 g/mol. The summed E-state index contributed by atoms with van der Waals surface area (Å²) in [6.45, 7) is 0. The highest BCUT2D eigenvalue weighted by molar-refractivity contribution is 7.79. The Bertz CT molecular complexity index is 104. The average Bonchev–Trinajstić information content (AvgIpc) is 1.61. The summed E-state index contributed by atoms with van der Waals surface area (Å²) in [5, 5.41) is 0. The van der Waals surface area contributed by atoms with Gasteiger partial charge in [0.25, 0.3) is 0 Å². The molecular weight excluding hydrogens is 166 g/mol. The van der Waals surface area contributed by atoms with Gasteiger partial charge in [-0.1, -0.05) is 11.1 Å². The first-order valence-corrected chi connectivity index (χ1v) is 3.21. The molecule has 0 saturated carbocycles. The number of hydrogen-bond acceptors (Lipinski definition) is 3. The Kier molecular flexibility index (Phi) is 7.76. The van der Waals surface area contributed by atoms with Gasteiger partial charge in [0, 0.05) is 12.2 Å². The van der Waals surface area contributed by atoms with Gasteiger partial charge in [-0.15, -0.1) is 12.4 Å². The van der Waals surface area contributed by atoms with Crippen molar-refractivity contribution in [2.24, 2.45) is 5.73 Å². The van der Waals surface area contributed by atoms with Crippen LogP contribution in [0.25, 0.3) is 0 Å². The van der Waals surface area contributed by atoms with Crippen LogP contribution in [0.3, 0.4) is 0 Å². The molecule has 0 spiro atoms. The summed E-state index contributed by atoms with van der Waals surface area (Å²) in [6, 6.07) is 0. The third-order valence-corrected chi connectivity index (χ3v) is 1.05. The van der Waals surface area contributed by atoms with Crippen LogP contribution in [-0.4, -0.2) is 20.4 Å². The Balaban J connectivity index is 0. The molecule has 9 heavy (non-hydrogen) atoms. The van der Waals surface area contributed by atoms with Crippen molar-refractivity contribution in [1.82, 2.24) is 0 Å². The van der Waals surface area contributed by atoms with E-state index in [9.17, 15) is 13.6 Å². The lowest BCUT2D eigenvalue weighted by Crippen LogP contribution is -2.13. The van der Waals surface area contributed by atoms with E-state index in [2.05, 4.69) is 5.73 Å². The molecule has 0 aromatic carbocycles. The van der Waals surface area contributed by atoms with E-state index in [1.807, 2.05) is 0 Å². The first-order valence-electron chi connectivity index (χ1n) is 1.97. The highest BCUT2D eigenvalue weighted by atomic mass is 35.5. The van der Waals surface area contributed by atoms with Crippen molar-refractivity contribution in [2.75, 3.05) is 5.75 Å². The van der Waals surface area contributed by atoms with E-state index in [0.717, 1.165) is 0 Å². The summed E-state index contributed by atoms with van der Waals surface area (Å²) < 4.78 is 19.4. The summed E-state index contributed by atoms with van der Waals surface area (Å²) in [5.74, 6) is -0.760. The third-order valence-electron chi connectivity index (χ3n) is 0.515. The zero-order chi connectivity index (χ0) is 6.57. The van der Waals surface area contributed by atoms with Gasteiger partial charge < -0.3 is 10.3 Å². The molecule has 0 radical (unpaired) electrons. The molecule has 0 bridgehead atoms. The van der Waals surface area contributed by atoms with Gasteiger partial charge in [-0.05, 0) is 0 Å².